The summed E-state index contributed by atoms with van der Waals surface area (Å²) in [6.07, 6.45) is 3.02. The van der Waals surface area contributed by atoms with E-state index in [1.165, 1.54) is 4.88 Å². The molecule has 1 aliphatic rings. The molecule has 1 atom stereocenters. The molecule has 1 fully saturated rings. The molecule has 0 aromatic carbocycles. The lowest BCUT2D eigenvalue weighted by Crippen LogP contribution is -2.37. The fourth-order valence-electron chi connectivity index (χ4n) is 1.59. The maximum atomic E-state index is 4.71. The molecule has 1 aliphatic heterocycles. The van der Waals surface area contributed by atoms with Crippen molar-refractivity contribution in [2.24, 2.45) is 4.99 Å². The molecular formula is C12H19N3S2. The van der Waals surface area contributed by atoms with Gasteiger partial charge < -0.3 is 5.32 Å². The van der Waals surface area contributed by atoms with Crippen molar-refractivity contribution >= 4 is 28.3 Å². The zero-order valence-electron chi connectivity index (χ0n) is 10.8. The van der Waals surface area contributed by atoms with Crippen molar-refractivity contribution in [1.82, 2.24) is 10.3 Å². The summed E-state index contributed by atoms with van der Waals surface area (Å²) in [7, 11) is 0. The van der Waals surface area contributed by atoms with Gasteiger partial charge in [-0.3, -0.25) is 4.99 Å². The van der Waals surface area contributed by atoms with Crippen LogP contribution in [0, 0.1) is 0 Å². The topological polar surface area (TPSA) is 37.3 Å². The smallest absolute Gasteiger partial charge is 0.157 e. The molecule has 0 spiro atoms. The van der Waals surface area contributed by atoms with Crippen molar-refractivity contribution in [2.75, 3.05) is 5.75 Å². The van der Waals surface area contributed by atoms with Gasteiger partial charge in [-0.1, -0.05) is 18.7 Å². The van der Waals surface area contributed by atoms with Crippen LogP contribution < -0.4 is 5.32 Å². The molecule has 94 valence electrons. The highest BCUT2D eigenvalue weighted by molar-refractivity contribution is 8.14. The van der Waals surface area contributed by atoms with E-state index in [9.17, 15) is 0 Å². The summed E-state index contributed by atoms with van der Waals surface area (Å²) in [6, 6.07) is 0.157. The highest BCUT2D eigenvalue weighted by atomic mass is 32.2. The third-order valence-electron chi connectivity index (χ3n) is 2.60. The van der Waals surface area contributed by atoms with Crippen LogP contribution in [0.5, 0.6) is 0 Å². The molecule has 0 amide bonds. The second kappa shape index (κ2) is 4.98. The van der Waals surface area contributed by atoms with Gasteiger partial charge in [0.2, 0.25) is 0 Å². The maximum Gasteiger partial charge on any atom is 0.157 e. The fraction of sp³-hybridized carbons (Fsp3) is 0.667. The average Bonchev–Trinajstić information content (AvgIpc) is 2.85. The van der Waals surface area contributed by atoms with Crippen LogP contribution in [0.15, 0.2) is 11.2 Å². The lowest BCUT2D eigenvalue weighted by atomic mass is 10.1. The van der Waals surface area contributed by atoms with Crippen LogP contribution in [0.1, 0.15) is 43.6 Å². The van der Waals surface area contributed by atoms with E-state index in [1.54, 1.807) is 23.1 Å². The van der Waals surface area contributed by atoms with Crippen molar-refractivity contribution in [3.8, 4) is 0 Å². The number of thiazole rings is 1. The number of rotatable bonds is 3. The third-order valence-corrected chi connectivity index (χ3v) is 5.26. The van der Waals surface area contributed by atoms with Crippen LogP contribution in [0.25, 0.3) is 0 Å². The van der Waals surface area contributed by atoms with Gasteiger partial charge in [0.15, 0.2) is 5.17 Å². The first-order valence-electron chi connectivity index (χ1n) is 5.93. The predicted molar refractivity (Wildman–Crippen MR) is 77.0 cm³/mol. The number of amidine groups is 1. The number of hydrogen-bond donors (Lipinski definition) is 1. The summed E-state index contributed by atoms with van der Waals surface area (Å²) < 4.78 is 0. The molecule has 1 N–H and O–H groups in total. The Morgan fingerprint density at radius 3 is 2.88 bits per heavy atom. The number of hydrogen-bond acceptors (Lipinski definition) is 4. The number of thioether (sulfide) groups is 1. The molecule has 1 unspecified atom stereocenters. The van der Waals surface area contributed by atoms with Crippen LogP contribution in [0.4, 0.5) is 0 Å². The van der Waals surface area contributed by atoms with Crippen molar-refractivity contribution in [2.45, 2.75) is 45.7 Å². The lowest BCUT2D eigenvalue weighted by molar-refractivity contribution is 0.535. The summed E-state index contributed by atoms with van der Waals surface area (Å²) >= 11 is 3.57. The van der Waals surface area contributed by atoms with Gasteiger partial charge in [-0.25, -0.2) is 4.98 Å². The van der Waals surface area contributed by atoms with Crippen molar-refractivity contribution in [1.29, 1.82) is 0 Å². The molecular weight excluding hydrogens is 250 g/mol. The Bertz CT molecular complexity index is 423. The van der Waals surface area contributed by atoms with Gasteiger partial charge in [-0.05, 0) is 27.2 Å². The maximum absolute atomic E-state index is 4.71. The van der Waals surface area contributed by atoms with Gasteiger partial charge in [0.25, 0.3) is 0 Å². The quantitative estimate of drug-likeness (QED) is 0.915. The predicted octanol–water partition coefficient (Wildman–Crippen LogP) is 3.24. The Balaban J connectivity index is 2.06. The van der Waals surface area contributed by atoms with E-state index >= 15 is 0 Å². The van der Waals surface area contributed by atoms with Gasteiger partial charge in [0, 0.05) is 22.4 Å². The Kier molecular flexibility index (Phi) is 3.78. The van der Waals surface area contributed by atoms with Gasteiger partial charge in [0.1, 0.15) is 11.0 Å². The van der Waals surface area contributed by atoms with Crippen molar-refractivity contribution in [3.63, 3.8) is 0 Å². The van der Waals surface area contributed by atoms with Gasteiger partial charge in [-0.2, -0.15) is 0 Å². The SMILES string of the molecule is CCc1cnc(C(C)N=C2NC(C)(C)CS2)s1. The fourth-order valence-corrected chi connectivity index (χ4v) is 3.59. The highest BCUT2D eigenvalue weighted by Gasteiger charge is 2.27. The first-order chi connectivity index (χ1) is 8.00. The largest absolute Gasteiger partial charge is 0.359 e. The first-order valence-corrected chi connectivity index (χ1v) is 7.74. The second-order valence-electron chi connectivity index (χ2n) is 4.93. The molecule has 1 saturated heterocycles. The summed E-state index contributed by atoms with van der Waals surface area (Å²) in [4.78, 5) is 10.5. The van der Waals surface area contributed by atoms with Crippen LogP contribution in [-0.2, 0) is 6.42 Å². The molecule has 2 heterocycles. The van der Waals surface area contributed by atoms with E-state index in [2.05, 4.69) is 38.0 Å². The van der Waals surface area contributed by atoms with Crippen molar-refractivity contribution < 1.29 is 0 Å². The molecule has 3 nitrogen and oxygen atoms in total. The Morgan fingerprint density at radius 2 is 2.35 bits per heavy atom. The summed E-state index contributed by atoms with van der Waals surface area (Å²) in [5.74, 6) is 1.08. The monoisotopic (exact) mass is 269 g/mol. The van der Waals surface area contributed by atoms with E-state index in [4.69, 9.17) is 4.99 Å². The van der Waals surface area contributed by atoms with E-state index in [1.807, 2.05) is 6.20 Å². The van der Waals surface area contributed by atoms with Crippen LogP contribution in [-0.4, -0.2) is 21.4 Å². The van der Waals surface area contributed by atoms with Gasteiger partial charge in [-0.15, -0.1) is 11.3 Å². The van der Waals surface area contributed by atoms with E-state index in [-0.39, 0.29) is 11.6 Å². The molecule has 0 radical (unpaired) electrons. The minimum Gasteiger partial charge on any atom is -0.359 e. The normalized spacial score (nSPS) is 22.7. The number of aryl methyl sites for hydroxylation is 1. The highest BCUT2D eigenvalue weighted by Crippen LogP contribution is 2.27. The van der Waals surface area contributed by atoms with Gasteiger partial charge in [0.05, 0.1) is 0 Å². The Labute approximate surface area is 111 Å². The van der Waals surface area contributed by atoms with E-state index < -0.39 is 0 Å². The molecule has 17 heavy (non-hydrogen) atoms. The summed E-state index contributed by atoms with van der Waals surface area (Å²) in [5.41, 5.74) is 0.167. The van der Waals surface area contributed by atoms with Crippen LogP contribution in [0.3, 0.4) is 0 Å². The molecule has 2 rings (SSSR count). The van der Waals surface area contributed by atoms with Gasteiger partial charge >= 0.3 is 0 Å². The van der Waals surface area contributed by atoms with Crippen LogP contribution in [0.2, 0.25) is 0 Å². The Hall–Kier alpha value is -0.550. The number of nitrogens with one attached hydrogen (secondary N) is 1. The number of aromatic nitrogens is 1. The lowest BCUT2D eigenvalue weighted by Gasteiger charge is -2.16. The molecule has 0 saturated carbocycles. The third kappa shape index (κ3) is 3.22. The van der Waals surface area contributed by atoms with Crippen molar-refractivity contribution in [3.05, 3.63) is 16.1 Å². The van der Waals surface area contributed by atoms with Crippen LogP contribution >= 0.6 is 23.1 Å². The standard InChI is InChI=1S/C12H19N3S2/c1-5-9-6-13-10(17-9)8(2)14-11-15-12(3,4)7-16-11/h6,8H,5,7H2,1-4H3,(H,14,15). The summed E-state index contributed by atoms with van der Waals surface area (Å²) in [5, 5.41) is 5.61. The molecule has 1 aromatic heterocycles. The molecule has 0 aliphatic carbocycles. The Morgan fingerprint density at radius 1 is 1.59 bits per heavy atom. The number of nitrogens with zero attached hydrogens (tertiary/aromatic N) is 2. The summed E-state index contributed by atoms with van der Waals surface area (Å²) in [6.45, 7) is 8.67. The van der Waals surface area contributed by atoms with E-state index in [0.29, 0.717) is 0 Å². The average molecular weight is 269 g/mol. The zero-order valence-corrected chi connectivity index (χ0v) is 12.4. The number of aliphatic imine (C=N–C) groups is 1. The first kappa shape index (κ1) is 12.9. The molecule has 0 bridgehead atoms. The molecule has 5 heteroatoms. The zero-order chi connectivity index (χ0) is 12.5. The minimum absolute atomic E-state index is 0.157. The molecule has 1 aromatic rings. The van der Waals surface area contributed by atoms with E-state index in [0.717, 1.165) is 22.3 Å². The second-order valence-corrected chi connectivity index (χ2v) is 7.04. The minimum atomic E-state index is 0.157.